The van der Waals surface area contributed by atoms with Crippen molar-refractivity contribution in [2.24, 2.45) is 0 Å². The fourth-order valence-corrected chi connectivity index (χ4v) is 1.87. The van der Waals surface area contributed by atoms with E-state index in [-0.39, 0.29) is 5.56 Å². The van der Waals surface area contributed by atoms with E-state index in [0.717, 1.165) is 17.7 Å². The van der Waals surface area contributed by atoms with E-state index < -0.39 is 23.2 Å². The summed E-state index contributed by atoms with van der Waals surface area (Å²) in [5.41, 5.74) is 5.73. The summed E-state index contributed by atoms with van der Waals surface area (Å²) in [6.45, 7) is 1.82. The molecule has 110 valence electrons. The van der Waals surface area contributed by atoms with Crippen LogP contribution in [0.3, 0.4) is 0 Å². The van der Waals surface area contributed by atoms with Gasteiger partial charge in [-0.1, -0.05) is 0 Å². The van der Waals surface area contributed by atoms with Crippen LogP contribution in [0.4, 0.5) is 20.2 Å². The van der Waals surface area contributed by atoms with Gasteiger partial charge in [-0.3, -0.25) is 4.79 Å². The molecular weight excluding hydrogens is 278 g/mol. The van der Waals surface area contributed by atoms with Crippen LogP contribution in [0.1, 0.15) is 15.9 Å². The highest BCUT2D eigenvalue weighted by atomic mass is 19.1. The quantitative estimate of drug-likeness (QED) is 0.854. The lowest BCUT2D eigenvalue weighted by atomic mass is 10.1. The summed E-state index contributed by atoms with van der Waals surface area (Å²) in [5, 5.41) is 2.56. The lowest BCUT2D eigenvalue weighted by Gasteiger charge is -2.09. The van der Waals surface area contributed by atoms with Gasteiger partial charge in [0, 0.05) is 11.3 Å². The second-order valence-corrected chi connectivity index (χ2v) is 4.49. The Morgan fingerprint density at radius 2 is 1.81 bits per heavy atom. The van der Waals surface area contributed by atoms with Crippen LogP contribution in [0.15, 0.2) is 30.3 Å². The topological polar surface area (TPSA) is 64.3 Å². The third-order valence-electron chi connectivity index (χ3n) is 2.99. The normalized spacial score (nSPS) is 10.3. The molecule has 6 heteroatoms. The minimum atomic E-state index is -0.967. The van der Waals surface area contributed by atoms with Crippen LogP contribution in [-0.4, -0.2) is 13.0 Å². The highest BCUT2D eigenvalue weighted by Crippen LogP contribution is 2.22. The Hall–Kier alpha value is -2.63. The third kappa shape index (κ3) is 3.10. The van der Waals surface area contributed by atoms with Crippen molar-refractivity contribution >= 4 is 17.3 Å². The summed E-state index contributed by atoms with van der Waals surface area (Å²) >= 11 is 0. The van der Waals surface area contributed by atoms with Crippen molar-refractivity contribution in [2.45, 2.75) is 6.92 Å². The van der Waals surface area contributed by atoms with Gasteiger partial charge < -0.3 is 15.8 Å². The van der Waals surface area contributed by atoms with Crippen molar-refractivity contribution in [3.8, 4) is 5.75 Å². The fourth-order valence-electron chi connectivity index (χ4n) is 1.87. The fraction of sp³-hybridized carbons (Fsp3) is 0.133. The van der Waals surface area contributed by atoms with Gasteiger partial charge in [0.15, 0.2) is 0 Å². The number of benzene rings is 2. The van der Waals surface area contributed by atoms with Crippen LogP contribution < -0.4 is 15.8 Å². The molecule has 2 rings (SSSR count). The number of nitrogens with two attached hydrogens (primary N) is 1. The van der Waals surface area contributed by atoms with E-state index in [2.05, 4.69) is 5.32 Å². The molecule has 0 aliphatic rings. The molecule has 21 heavy (non-hydrogen) atoms. The average molecular weight is 292 g/mol. The number of nitrogens with one attached hydrogen (secondary N) is 1. The number of carbonyl (C=O) groups excluding carboxylic acids is 1. The maximum absolute atomic E-state index is 13.3. The van der Waals surface area contributed by atoms with Crippen molar-refractivity contribution in [3.63, 3.8) is 0 Å². The number of amides is 1. The number of halogens is 2. The molecule has 3 N–H and O–H groups in total. The zero-order valence-corrected chi connectivity index (χ0v) is 11.5. The van der Waals surface area contributed by atoms with E-state index in [1.54, 1.807) is 25.3 Å². The van der Waals surface area contributed by atoms with Gasteiger partial charge >= 0.3 is 0 Å². The number of hydrogen-bond donors (Lipinski definition) is 2. The van der Waals surface area contributed by atoms with Gasteiger partial charge in [0.1, 0.15) is 23.1 Å². The third-order valence-corrected chi connectivity index (χ3v) is 2.99. The summed E-state index contributed by atoms with van der Waals surface area (Å²) in [4.78, 5) is 12.0. The first-order chi connectivity index (χ1) is 9.92. The number of ether oxygens (including phenoxy) is 1. The Morgan fingerprint density at radius 1 is 1.19 bits per heavy atom. The maximum Gasteiger partial charge on any atom is 0.255 e. The highest BCUT2D eigenvalue weighted by Gasteiger charge is 2.13. The summed E-state index contributed by atoms with van der Waals surface area (Å²) in [6, 6.07) is 6.80. The van der Waals surface area contributed by atoms with Crippen LogP contribution in [-0.2, 0) is 0 Å². The molecule has 0 aliphatic carbocycles. The second kappa shape index (κ2) is 5.78. The number of methoxy groups -OCH3 is 1. The Labute approximate surface area is 120 Å². The Balaban J connectivity index is 2.24. The average Bonchev–Trinajstić information content (AvgIpc) is 2.44. The molecule has 0 fully saturated rings. The minimum Gasteiger partial charge on any atom is -0.496 e. The molecule has 0 saturated heterocycles. The van der Waals surface area contributed by atoms with Gasteiger partial charge in [0.2, 0.25) is 0 Å². The lowest BCUT2D eigenvalue weighted by molar-refractivity contribution is 0.102. The summed E-state index contributed by atoms with van der Waals surface area (Å²) < 4.78 is 31.8. The standard InChI is InChI=1S/C15H14F2N2O2/c1-8-5-10(3-4-13(8)21-2)19-15(20)9-6-11(16)14(18)12(17)7-9/h3-7H,18H2,1-2H3,(H,19,20). The van der Waals surface area contributed by atoms with Gasteiger partial charge in [-0.25, -0.2) is 8.78 Å². The molecule has 0 aliphatic heterocycles. The number of anilines is 2. The summed E-state index contributed by atoms with van der Waals surface area (Å²) in [6.07, 6.45) is 0. The van der Waals surface area contributed by atoms with Crippen molar-refractivity contribution in [3.05, 3.63) is 53.1 Å². The molecule has 0 saturated carbocycles. The minimum absolute atomic E-state index is 0.146. The van der Waals surface area contributed by atoms with E-state index in [1.165, 1.54) is 0 Å². The molecule has 1 amide bonds. The summed E-state index contributed by atoms with van der Waals surface area (Å²) in [5.74, 6) is -1.88. The van der Waals surface area contributed by atoms with Gasteiger partial charge in [-0.15, -0.1) is 0 Å². The van der Waals surface area contributed by atoms with Gasteiger partial charge in [-0.2, -0.15) is 0 Å². The second-order valence-electron chi connectivity index (χ2n) is 4.49. The molecule has 0 bridgehead atoms. The van der Waals surface area contributed by atoms with Crippen LogP contribution in [0, 0.1) is 18.6 Å². The Bertz CT molecular complexity index is 679. The zero-order chi connectivity index (χ0) is 15.6. The van der Waals surface area contributed by atoms with Crippen LogP contribution in [0.2, 0.25) is 0 Å². The number of aryl methyl sites for hydroxylation is 1. The number of nitrogen functional groups attached to an aromatic ring is 1. The SMILES string of the molecule is COc1ccc(NC(=O)c2cc(F)c(N)c(F)c2)cc1C. The number of rotatable bonds is 3. The number of hydrogen-bond acceptors (Lipinski definition) is 3. The molecule has 0 aromatic heterocycles. The molecule has 0 heterocycles. The van der Waals surface area contributed by atoms with Crippen molar-refractivity contribution in [1.82, 2.24) is 0 Å². The van der Waals surface area contributed by atoms with E-state index in [0.29, 0.717) is 11.4 Å². The Kier molecular flexibility index (Phi) is 4.07. The first-order valence-electron chi connectivity index (χ1n) is 6.13. The smallest absolute Gasteiger partial charge is 0.255 e. The molecular formula is C15H14F2N2O2. The summed E-state index contributed by atoms with van der Waals surface area (Å²) in [7, 11) is 1.54. The maximum atomic E-state index is 13.3. The lowest BCUT2D eigenvalue weighted by Crippen LogP contribution is -2.13. The zero-order valence-electron chi connectivity index (χ0n) is 11.5. The first kappa shape index (κ1) is 14.8. The monoisotopic (exact) mass is 292 g/mol. The van der Waals surface area contributed by atoms with E-state index in [4.69, 9.17) is 10.5 Å². The molecule has 2 aromatic rings. The van der Waals surface area contributed by atoms with Crippen LogP contribution in [0.25, 0.3) is 0 Å². The first-order valence-corrected chi connectivity index (χ1v) is 6.13. The molecule has 4 nitrogen and oxygen atoms in total. The van der Waals surface area contributed by atoms with Crippen molar-refractivity contribution in [2.75, 3.05) is 18.2 Å². The van der Waals surface area contributed by atoms with E-state index in [1.807, 2.05) is 6.92 Å². The van der Waals surface area contributed by atoms with Gasteiger partial charge in [0.25, 0.3) is 5.91 Å². The molecule has 0 atom stereocenters. The van der Waals surface area contributed by atoms with Crippen molar-refractivity contribution < 1.29 is 18.3 Å². The predicted octanol–water partition coefficient (Wildman–Crippen LogP) is 3.12. The van der Waals surface area contributed by atoms with Crippen molar-refractivity contribution in [1.29, 1.82) is 0 Å². The largest absolute Gasteiger partial charge is 0.496 e. The Morgan fingerprint density at radius 3 is 2.33 bits per heavy atom. The highest BCUT2D eigenvalue weighted by molar-refractivity contribution is 6.04. The molecule has 2 aromatic carbocycles. The molecule has 0 unspecified atom stereocenters. The van der Waals surface area contributed by atoms with Crippen LogP contribution in [0.5, 0.6) is 5.75 Å². The number of carbonyl (C=O) groups is 1. The molecule has 0 spiro atoms. The van der Waals surface area contributed by atoms with E-state index >= 15 is 0 Å². The van der Waals surface area contributed by atoms with E-state index in [9.17, 15) is 13.6 Å². The van der Waals surface area contributed by atoms with Crippen LogP contribution >= 0.6 is 0 Å². The molecule has 0 radical (unpaired) electrons. The van der Waals surface area contributed by atoms with Gasteiger partial charge in [0.05, 0.1) is 7.11 Å². The van der Waals surface area contributed by atoms with Gasteiger partial charge in [-0.05, 0) is 42.8 Å². The predicted molar refractivity (Wildman–Crippen MR) is 76.5 cm³/mol.